The van der Waals surface area contributed by atoms with Crippen molar-refractivity contribution in [1.82, 2.24) is 10.3 Å². The lowest BCUT2D eigenvalue weighted by molar-refractivity contribution is 0.591. The third-order valence-corrected chi connectivity index (χ3v) is 3.69. The Bertz CT molecular complexity index is 437. The molecule has 0 spiro atoms. The molecule has 0 aromatic carbocycles. The highest BCUT2D eigenvalue weighted by Gasteiger charge is 2.12. The van der Waals surface area contributed by atoms with Gasteiger partial charge in [0.2, 0.25) is 0 Å². The van der Waals surface area contributed by atoms with Crippen molar-refractivity contribution < 1.29 is 0 Å². The van der Waals surface area contributed by atoms with Crippen molar-refractivity contribution in [2.24, 2.45) is 0 Å². The predicted molar refractivity (Wildman–Crippen MR) is 68.8 cm³/mol. The number of hydrogen-bond donors (Lipinski definition) is 1. The van der Waals surface area contributed by atoms with E-state index in [2.05, 4.69) is 40.8 Å². The van der Waals surface area contributed by atoms with Crippen LogP contribution in [0.15, 0.2) is 36.0 Å². The minimum Gasteiger partial charge on any atom is -0.313 e. The van der Waals surface area contributed by atoms with E-state index in [1.807, 2.05) is 19.4 Å². The third-order valence-electron chi connectivity index (χ3n) is 2.79. The smallest absolute Gasteiger partial charge is 0.0384 e. The molecule has 0 saturated heterocycles. The summed E-state index contributed by atoms with van der Waals surface area (Å²) in [5.74, 6) is 0. The number of nitrogens with zero attached hydrogens (tertiary/aromatic N) is 1. The number of nitrogens with one attached hydrogen (secondary N) is 1. The first-order valence-corrected chi connectivity index (χ1v) is 6.29. The molecular weight excluding hydrogens is 216 g/mol. The molecule has 0 aliphatic rings. The van der Waals surface area contributed by atoms with E-state index in [0.717, 1.165) is 6.42 Å². The summed E-state index contributed by atoms with van der Waals surface area (Å²) < 4.78 is 0. The monoisotopic (exact) mass is 232 g/mol. The summed E-state index contributed by atoms with van der Waals surface area (Å²) in [6.45, 7) is 2.13. The van der Waals surface area contributed by atoms with Crippen molar-refractivity contribution >= 4 is 11.3 Å². The van der Waals surface area contributed by atoms with E-state index >= 15 is 0 Å². The summed E-state index contributed by atoms with van der Waals surface area (Å²) in [6, 6.07) is 6.70. The SMILES string of the molecule is CNC(Cc1cccs1)c1cnccc1C. The van der Waals surface area contributed by atoms with Crippen LogP contribution in [0, 0.1) is 6.92 Å². The van der Waals surface area contributed by atoms with E-state index < -0.39 is 0 Å². The fourth-order valence-electron chi connectivity index (χ4n) is 1.84. The number of hydrogen-bond acceptors (Lipinski definition) is 3. The second kappa shape index (κ2) is 5.23. The van der Waals surface area contributed by atoms with Crippen molar-refractivity contribution in [3.63, 3.8) is 0 Å². The van der Waals surface area contributed by atoms with Crippen LogP contribution in [0.25, 0.3) is 0 Å². The maximum Gasteiger partial charge on any atom is 0.0384 e. The zero-order valence-corrected chi connectivity index (χ0v) is 10.4. The van der Waals surface area contributed by atoms with Crippen LogP contribution in [0.1, 0.15) is 22.0 Å². The summed E-state index contributed by atoms with van der Waals surface area (Å²) in [7, 11) is 2.00. The average Bonchev–Trinajstić information content (AvgIpc) is 2.80. The zero-order chi connectivity index (χ0) is 11.4. The lowest BCUT2D eigenvalue weighted by atomic mass is 10.0. The second-order valence-corrected chi connectivity index (χ2v) is 4.89. The van der Waals surface area contributed by atoms with E-state index in [4.69, 9.17) is 0 Å². The molecule has 1 atom stereocenters. The molecule has 2 rings (SSSR count). The quantitative estimate of drug-likeness (QED) is 0.876. The van der Waals surface area contributed by atoms with E-state index in [1.54, 1.807) is 11.3 Å². The molecule has 0 aliphatic carbocycles. The van der Waals surface area contributed by atoms with Gasteiger partial charge in [-0.3, -0.25) is 4.98 Å². The van der Waals surface area contributed by atoms with Gasteiger partial charge in [-0.25, -0.2) is 0 Å². The number of rotatable bonds is 4. The maximum atomic E-state index is 4.21. The van der Waals surface area contributed by atoms with Crippen LogP contribution in [-0.4, -0.2) is 12.0 Å². The molecule has 84 valence electrons. The Morgan fingerprint density at radius 1 is 1.44 bits per heavy atom. The third kappa shape index (κ3) is 2.49. The predicted octanol–water partition coefficient (Wildman–Crippen LogP) is 2.95. The van der Waals surface area contributed by atoms with Crippen molar-refractivity contribution in [3.8, 4) is 0 Å². The van der Waals surface area contributed by atoms with Crippen LogP contribution in [-0.2, 0) is 6.42 Å². The zero-order valence-electron chi connectivity index (χ0n) is 9.60. The largest absolute Gasteiger partial charge is 0.313 e. The van der Waals surface area contributed by atoms with Gasteiger partial charge in [0.25, 0.3) is 0 Å². The van der Waals surface area contributed by atoms with E-state index in [1.165, 1.54) is 16.0 Å². The molecule has 2 heterocycles. The van der Waals surface area contributed by atoms with Gasteiger partial charge in [-0.1, -0.05) is 6.07 Å². The topological polar surface area (TPSA) is 24.9 Å². The minimum atomic E-state index is 0.354. The summed E-state index contributed by atoms with van der Waals surface area (Å²) in [6.07, 6.45) is 4.83. The van der Waals surface area contributed by atoms with Crippen molar-refractivity contribution in [3.05, 3.63) is 52.0 Å². The average molecular weight is 232 g/mol. The Labute approximate surface area is 100 Å². The molecule has 2 aromatic rings. The summed E-state index contributed by atoms with van der Waals surface area (Å²) in [4.78, 5) is 5.61. The highest BCUT2D eigenvalue weighted by molar-refractivity contribution is 7.09. The Morgan fingerprint density at radius 2 is 2.31 bits per heavy atom. The van der Waals surface area contributed by atoms with Gasteiger partial charge in [-0.05, 0) is 42.6 Å². The van der Waals surface area contributed by atoms with Gasteiger partial charge >= 0.3 is 0 Å². The van der Waals surface area contributed by atoms with Gasteiger partial charge in [0.05, 0.1) is 0 Å². The molecule has 0 amide bonds. The minimum absolute atomic E-state index is 0.354. The Balaban J connectivity index is 2.20. The number of aryl methyl sites for hydroxylation is 1. The number of pyridine rings is 1. The van der Waals surface area contributed by atoms with Gasteiger partial charge in [0, 0.05) is 29.7 Å². The molecular formula is C13H16N2S. The number of thiophene rings is 1. The first-order valence-electron chi connectivity index (χ1n) is 5.41. The van der Waals surface area contributed by atoms with Crippen molar-refractivity contribution in [2.45, 2.75) is 19.4 Å². The normalized spacial score (nSPS) is 12.6. The molecule has 2 aromatic heterocycles. The van der Waals surface area contributed by atoms with Gasteiger partial charge in [0.1, 0.15) is 0 Å². The van der Waals surface area contributed by atoms with Crippen LogP contribution in [0.2, 0.25) is 0 Å². The fraction of sp³-hybridized carbons (Fsp3) is 0.308. The van der Waals surface area contributed by atoms with E-state index in [9.17, 15) is 0 Å². The number of aromatic nitrogens is 1. The van der Waals surface area contributed by atoms with Gasteiger partial charge in [-0.2, -0.15) is 0 Å². The summed E-state index contributed by atoms with van der Waals surface area (Å²) in [5.41, 5.74) is 2.59. The Kier molecular flexibility index (Phi) is 3.70. The first kappa shape index (κ1) is 11.3. The standard InChI is InChI=1S/C13H16N2S/c1-10-5-6-15-9-12(10)13(14-2)8-11-4-3-7-16-11/h3-7,9,13-14H,8H2,1-2H3. The molecule has 1 N–H and O–H groups in total. The lowest BCUT2D eigenvalue weighted by Gasteiger charge is -2.17. The van der Waals surface area contributed by atoms with Crippen molar-refractivity contribution in [1.29, 1.82) is 0 Å². The second-order valence-electron chi connectivity index (χ2n) is 3.86. The Morgan fingerprint density at radius 3 is 2.94 bits per heavy atom. The molecule has 0 saturated carbocycles. The molecule has 1 unspecified atom stereocenters. The fourth-order valence-corrected chi connectivity index (χ4v) is 2.59. The van der Waals surface area contributed by atoms with Crippen LogP contribution in [0.3, 0.4) is 0 Å². The Hall–Kier alpha value is -1.19. The maximum absolute atomic E-state index is 4.21. The first-order chi connectivity index (χ1) is 7.81. The number of likely N-dealkylation sites (N-methyl/N-ethyl adjacent to an activating group) is 1. The summed E-state index contributed by atoms with van der Waals surface area (Å²) in [5, 5.41) is 5.49. The highest BCUT2D eigenvalue weighted by Crippen LogP contribution is 2.22. The molecule has 0 aliphatic heterocycles. The van der Waals surface area contributed by atoms with Crippen LogP contribution < -0.4 is 5.32 Å². The molecule has 0 bridgehead atoms. The van der Waals surface area contributed by atoms with Gasteiger partial charge in [-0.15, -0.1) is 11.3 Å². The van der Waals surface area contributed by atoms with Crippen LogP contribution in [0.5, 0.6) is 0 Å². The van der Waals surface area contributed by atoms with Crippen molar-refractivity contribution in [2.75, 3.05) is 7.05 Å². The highest BCUT2D eigenvalue weighted by atomic mass is 32.1. The molecule has 2 nitrogen and oxygen atoms in total. The van der Waals surface area contributed by atoms with Gasteiger partial charge < -0.3 is 5.32 Å². The van der Waals surface area contributed by atoms with E-state index in [-0.39, 0.29) is 0 Å². The van der Waals surface area contributed by atoms with Crippen LogP contribution >= 0.6 is 11.3 Å². The van der Waals surface area contributed by atoms with Crippen LogP contribution in [0.4, 0.5) is 0 Å². The van der Waals surface area contributed by atoms with E-state index in [0.29, 0.717) is 6.04 Å². The lowest BCUT2D eigenvalue weighted by Crippen LogP contribution is -2.19. The molecule has 3 heteroatoms. The molecule has 0 fully saturated rings. The molecule has 0 radical (unpaired) electrons. The molecule has 16 heavy (non-hydrogen) atoms. The summed E-state index contributed by atoms with van der Waals surface area (Å²) >= 11 is 1.81. The van der Waals surface area contributed by atoms with Gasteiger partial charge in [0.15, 0.2) is 0 Å².